The fourth-order valence-corrected chi connectivity index (χ4v) is 3.71. The zero-order chi connectivity index (χ0) is 23.1. The monoisotopic (exact) mass is 439 g/mol. The number of amides is 1. The molecule has 7 nitrogen and oxygen atoms in total. The fraction of sp³-hybridized carbons (Fsp3) is 0.360. The number of aliphatic hydroxyl groups is 1. The van der Waals surface area contributed by atoms with E-state index in [0.717, 1.165) is 12.0 Å². The highest BCUT2D eigenvalue weighted by molar-refractivity contribution is 6.46. The minimum atomic E-state index is -0.702. The van der Waals surface area contributed by atoms with Crippen molar-refractivity contribution in [2.75, 3.05) is 34.0 Å². The third kappa shape index (κ3) is 4.94. The van der Waals surface area contributed by atoms with Crippen LogP contribution in [-0.2, 0) is 14.3 Å². The summed E-state index contributed by atoms with van der Waals surface area (Å²) in [4.78, 5) is 27.4. The average molecular weight is 440 g/mol. The van der Waals surface area contributed by atoms with Gasteiger partial charge in [0.25, 0.3) is 11.7 Å². The van der Waals surface area contributed by atoms with Crippen LogP contribution in [-0.4, -0.2) is 55.7 Å². The number of hydrogen-bond acceptors (Lipinski definition) is 6. The number of hydrogen-bond donors (Lipinski definition) is 1. The van der Waals surface area contributed by atoms with Crippen LogP contribution in [0.5, 0.6) is 11.5 Å². The van der Waals surface area contributed by atoms with Crippen LogP contribution in [0.3, 0.4) is 0 Å². The van der Waals surface area contributed by atoms with E-state index in [2.05, 4.69) is 0 Å². The lowest BCUT2D eigenvalue weighted by Crippen LogP contribution is -2.31. The molecule has 7 heteroatoms. The van der Waals surface area contributed by atoms with Crippen molar-refractivity contribution in [2.24, 2.45) is 0 Å². The third-order valence-electron chi connectivity index (χ3n) is 5.32. The van der Waals surface area contributed by atoms with E-state index in [1.165, 1.54) is 4.90 Å². The number of likely N-dealkylation sites (tertiary alicyclic amines) is 1. The number of benzene rings is 2. The highest BCUT2D eigenvalue weighted by atomic mass is 16.5. The zero-order valence-electron chi connectivity index (χ0n) is 18.7. The molecule has 32 heavy (non-hydrogen) atoms. The first kappa shape index (κ1) is 23.3. The lowest BCUT2D eigenvalue weighted by Gasteiger charge is -2.25. The summed E-state index contributed by atoms with van der Waals surface area (Å²) in [6, 6.07) is 13.3. The molecule has 0 saturated carbocycles. The summed E-state index contributed by atoms with van der Waals surface area (Å²) in [5.74, 6) is -0.209. The van der Waals surface area contributed by atoms with Crippen LogP contribution in [0.2, 0.25) is 0 Å². The fourth-order valence-electron chi connectivity index (χ4n) is 3.71. The van der Waals surface area contributed by atoms with Crippen molar-refractivity contribution in [2.45, 2.75) is 25.8 Å². The van der Waals surface area contributed by atoms with Gasteiger partial charge in [-0.15, -0.1) is 0 Å². The number of ketones is 1. The maximum absolute atomic E-state index is 13.0. The SMILES string of the molecule is CCCOc1ccc(C2/C(=C(/O)c3ccc(OC)cc3)C(=O)C(=O)N2CCCOC)cc1. The Hall–Kier alpha value is -3.32. The number of carbonyl (C=O) groups excluding carboxylic acids is 2. The molecule has 2 aromatic carbocycles. The molecule has 1 saturated heterocycles. The number of nitrogens with zero attached hydrogens (tertiary/aromatic N) is 1. The van der Waals surface area contributed by atoms with E-state index in [-0.39, 0.29) is 11.3 Å². The third-order valence-corrected chi connectivity index (χ3v) is 5.32. The van der Waals surface area contributed by atoms with Gasteiger partial charge in [-0.05, 0) is 54.8 Å². The Kier molecular flexibility index (Phi) is 7.89. The van der Waals surface area contributed by atoms with Gasteiger partial charge in [-0.3, -0.25) is 9.59 Å². The standard InChI is InChI=1S/C25H29NO6/c1-4-15-32-20-12-6-17(7-13-20)22-21(23(27)18-8-10-19(31-3)11-9-18)24(28)25(29)26(22)14-5-16-30-2/h6-13,22,27H,4-5,14-16H2,1-3H3/b23-21-. The first-order chi connectivity index (χ1) is 15.5. The predicted molar refractivity (Wildman–Crippen MR) is 121 cm³/mol. The Labute approximate surface area is 188 Å². The highest BCUT2D eigenvalue weighted by Crippen LogP contribution is 2.40. The molecular weight excluding hydrogens is 410 g/mol. The Morgan fingerprint density at radius 3 is 2.22 bits per heavy atom. The van der Waals surface area contributed by atoms with E-state index >= 15 is 0 Å². The molecule has 3 rings (SSSR count). The normalized spacial score (nSPS) is 17.6. The summed E-state index contributed by atoms with van der Waals surface area (Å²) < 4.78 is 15.9. The number of ether oxygens (including phenoxy) is 3. The molecule has 0 spiro atoms. The number of methoxy groups -OCH3 is 2. The van der Waals surface area contributed by atoms with E-state index in [1.807, 2.05) is 31.2 Å². The molecule has 0 aromatic heterocycles. The van der Waals surface area contributed by atoms with Gasteiger partial charge in [-0.1, -0.05) is 19.1 Å². The van der Waals surface area contributed by atoms with Crippen LogP contribution in [0, 0.1) is 0 Å². The topological polar surface area (TPSA) is 85.3 Å². The van der Waals surface area contributed by atoms with Crippen molar-refractivity contribution in [3.63, 3.8) is 0 Å². The molecule has 2 aromatic rings. The Balaban J connectivity index is 2.03. The molecule has 0 bridgehead atoms. The van der Waals surface area contributed by atoms with Crippen LogP contribution in [0.1, 0.15) is 36.9 Å². The van der Waals surface area contributed by atoms with Crippen molar-refractivity contribution in [1.82, 2.24) is 4.90 Å². The summed E-state index contributed by atoms with van der Waals surface area (Å²) in [6.07, 6.45) is 1.46. The van der Waals surface area contributed by atoms with Gasteiger partial charge in [0.2, 0.25) is 0 Å². The second kappa shape index (κ2) is 10.8. The maximum atomic E-state index is 13.0. The van der Waals surface area contributed by atoms with Crippen LogP contribution in [0.15, 0.2) is 54.1 Å². The van der Waals surface area contributed by atoms with E-state index in [1.54, 1.807) is 38.5 Å². The minimum Gasteiger partial charge on any atom is -0.507 e. The summed E-state index contributed by atoms with van der Waals surface area (Å²) in [5.41, 5.74) is 1.23. The van der Waals surface area contributed by atoms with Gasteiger partial charge in [0.05, 0.1) is 25.3 Å². The molecule has 0 aliphatic carbocycles. The van der Waals surface area contributed by atoms with Crippen LogP contribution >= 0.6 is 0 Å². The zero-order valence-corrected chi connectivity index (χ0v) is 18.7. The molecular formula is C25H29NO6. The number of carbonyl (C=O) groups is 2. The quantitative estimate of drug-likeness (QED) is 0.261. The van der Waals surface area contributed by atoms with Gasteiger partial charge in [0, 0.05) is 25.8 Å². The molecule has 1 fully saturated rings. The van der Waals surface area contributed by atoms with Crippen LogP contribution < -0.4 is 9.47 Å². The van der Waals surface area contributed by atoms with E-state index in [4.69, 9.17) is 14.2 Å². The Morgan fingerprint density at radius 2 is 1.62 bits per heavy atom. The number of Topliss-reactive ketones (excluding diaryl/α,β-unsaturated/α-hetero) is 1. The van der Waals surface area contributed by atoms with Crippen molar-refractivity contribution in [3.05, 3.63) is 65.2 Å². The highest BCUT2D eigenvalue weighted by Gasteiger charge is 2.45. The van der Waals surface area contributed by atoms with Gasteiger partial charge in [-0.25, -0.2) is 0 Å². The van der Waals surface area contributed by atoms with Gasteiger partial charge >= 0.3 is 0 Å². The van der Waals surface area contributed by atoms with E-state index < -0.39 is 17.7 Å². The Bertz CT molecular complexity index is 965. The summed E-state index contributed by atoms with van der Waals surface area (Å²) >= 11 is 0. The largest absolute Gasteiger partial charge is 0.507 e. The molecule has 1 aliphatic rings. The smallest absolute Gasteiger partial charge is 0.295 e. The van der Waals surface area contributed by atoms with E-state index in [9.17, 15) is 14.7 Å². The molecule has 1 N–H and O–H groups in total. The number of rotatable bonds is 10. The maximum Gasteiger partial charge on any atom is 0.295 e. The summed E-state index contributed by atoms with van der Waals surface area (Å²) in [7, 11) is 3.14. The molecule has 0 radical (unpaired) electrons. The van der Waals surface area contributed by atoms with Crippen molar-refractivity contribution in [1.29, 1.82) is 0 Å². The summed E-state index contributed by atoms with van der Waals surface area (Å²) in [6.45, 7) is 3.42. The van der Waals surface area contributed by atoms with Gasteiger partial charge in [0.1, 0.15) is 17.3 Å². The first-order valence-electron chi connectivity index (χ1n) is 10.7. The molecule has 1 aliphatic heterocycles. The molecule has 1 unspecified atom stereocenters. The molecule has 1 atom stereocenters. The van der Waals surface area contributed by atoms with Crippen LogP contribution in [0.25, 0.3) is 5.76 Å². The van der Waals surface area contributed by atoms with Crippen molar-refractivity contribution >= 4 is 17.4 Å². The van der Waals surface area contributed by atoms with Gasteiger partial charge < -0.3 is 24.2 Å². The van der Waals surface area contributed by atoms with Crippen molar-refractivity contribution < 1.29 is 28.9 Å². The lowest BCUT2D eigenvalue weighted by molar-refractivity contribution is -0.140. The Morgan fingerprint density at radius 1 is 0.969 bits per heavy atom. The van der Waals surface area contributed by atoms with Crippen LogP contribution in [0.4, 0.5) is 0 Å². The number of aliphatic hydroxyl groups excluding tert-OH is 1. The lowest BCUT2D eigenvalue weighted by atomic mass is 9.95. The molecule has 170 valence electrons. The minimum absolute atomic E-state index is 0.0693. The van der Waals surface area contributed by atoms with Gasteiger partial charge in [-0.2, -0.15) is 0 Å². The molecule has 1 heterocycles. The van der Waals surface area contributed by atoms with Crippen molar-refractivity contribution in [3.8, 4) is 11.5 Å². The van der Waals surface area contributed by atoms with E-state index in [0.29, 0.717) is 43.2 Å². The second-order valence-electron chi connectivity index (χ2n) is 7.48. The predicted octanol–water partition coefficient (Wildman–Crippen LogP) is 3.94. The van der Waals surface area contributed by atoms with Gasteiger partial charge in [0.15, 0.2) is 0 Å². The average Bonchev–Trinajstić information content (AvgIpc) is 3.08. The molecule has 1 amide bonds. The second-order valence-corrected chi connectivity index (χ2v) is 7.48. The first-order valence-corrected chi connectivity index (χ1v) is 10.7. The summed E-state index contributed by atoms with van der Waals surface area (Å²) in [5, 5.41) is 11.1.